The Morgan fingerprint density at radius 2 is 1.86 bits per heavy atom. The van der Waals surface area contributed by atoms with Gasteiger partial charge in [-0.15, -0.1) is 0 Å². The van der Waals surface area contributed by atoms with Crippen LogP contribution in [0.3, 0.4) is 0 Å². The molecule has 2 aliphatic rings. The largest absolute Gasteiger partial charge is 0.490 e. The van der Waals surface area contributed by atoms with E-state index in [9.17, 15) is 5.11 Å². The molecule has 1 fully saturated rings. The summed E-state index contributed by atoms with van der Waals surface area (Å²) in [5.74, 6) is 2.11. The van der Waals surface area contributed by atoms with E-state index in [2.05, 4.69) is 17.4 Å². The molecular weight excluding hydrogens is 266 g/mol. The molecule has 0 spiro atoms. The van der Waals surface area contributed by atoms with Gasteiger partial charge in [0.15, 0.2) is 11.5 Å². The van der Waals surface area contributed by atoms with Crippen molar-refractivity contribution in [1.82, 2.24) is 5.32 Å². The van der Waals surface area contributed by atoms with Gasteiger partial charge < -0.3 is 19.9 Å². The second-order valence-corrected chi connectivity index (χ2v) is 6.05. The number of benzene rings is 1. The molecule has 4 nitrogen and oxygen atoms in total. The average Bonchev–Trinajstić information content (AvgIpc) is 2.78. The number of fused-ring (bicyclic) bond motifs is 1. The zero-order valence-corrected chi connectivity index (χ0v) is 12.5. The Kier molecular flexibility index (Phi) is 4.99. The van der Waals surface area contributed by atoms with Gasteiger partial charge in [-0.25, -0.2) is 0 Å². The first-order chi connectivity index (χ1) is 10.4. The van der Waals surface area contributed by atoms with Gasteiger partial charge in [-0.05, 0) is 36.5 Å². The second kappa shape index (κ2) is 7.14. The summed E-state index contributed by atoms with van der Waals surface area (Å²) in [6.45, 7) is 2.56. The maximum Gasteiger partial charge on any atom is 0.161 e. The first-order valence-electron chi connectivity index (χ1n) is 8.09. The molecule has 4 heteroatoms. The second-order valence-electron chi connectivity index (χ2n) is 6.05. The lowest BCUT2D eigenvalue weighted by atomic mass is 9.85. The van der Waals surface area contributed by atoms with Crippen molar-refractivity contribution in [3.05, 3.63) is 23.8 Å². The first kappa shape index (κ1) is 14.7. The monoisotopic (exact) mass is 291 g/mol. The van der Waals surface area contributed by atoms with Crippen LogP contribution in [0.25, 0.3) is 0 Å². The SMILES string of the molecule is OCC1CCCCC1NCc1ccc2c(c1)OCCCO2. The smallest absolute Gasteiger partial charge is 0.161 e. The Morgan fingerprint density at radius 1 is 1.05 bits per heavy atom. The third-order valence-corrected chi connectivity index (χ3v) is 4.52. The number of nitrogens with one attached hydrogen (secondary N) is 1. The Morgan fingerprint density at radius 3 is 2.71 bits per heavy atom. The molecule has 0 saturated heterocycles. The lowest BCUT2D eigenvalue weighted by Gasteiger charge is -2.31. The summed E-state index contributed by atoms with van der Waals surface area (Å²) < 4.78 is 11.4. The summed E-state index contributed by atoms with van der Waals surface area (Å²) in [6.07, 6.45) is 5.73. The molecule has 1 aromatic carbocycles. The van der Waals surface area contributed by atoms with Crippen LogP contribution in [0, 0.1) is 5.92 Å². The van der Waals surface area contributed by atoms with E-state index in [1.54, 1.807) is 0 Å². The van der Waals surface area contributed by atoms with Crippen LogP contribution in [-0.2, 0) is 6.54 Å². The van der Waals surface area contributed by atoms with Crippen molar-refractivity contribution in [2.75, 3.05) is 19.8 Å². The average molecular weight is 291 g/mol. The molecule has 1 saturated carbocycles. The standard InChI is InChI=1S/C17H25NO3/c19-12-14-4-1-2-5-15(14)18-11-13-6-7-16-17(10-13)21-9-3-8-20-16/h6-7,10,14-15,18-19H,1-5,8-9,11-12H2. The number of aliphatic hydroxyl groups is 1. The fourth-order valence-electron chi connectivity index (χ4n) is 3.26. The van der Waals surface area contributed by atoms with E-state index in [0.29, 0.717) is 18.6 Å². The van der Waals surface area contributed by atoms with Gasteiger partial charge in [0, 0.05) is 25.6 Å². The highest BCUT2D eigenvalue weighted by atomic mass is 16.5. The Bertz CT molecular complexity index is 463. The first-order valence-corrected chi connectivity index (χ1v) is 8.09. The number of hydrogen-bond donors (Lipinski definition) is 2. The van der Waals surface area contributed by atoms with Crippen molar-refractivity contribution in [2.45, 2.75) is 44.7 Å². The number of ether oxygens (including phenoxy) is 2. The van der Waals surface area contributed by atoms with Crippen molar-refractivity contribution < 1.29 is 14.6 Å². The molecular formula is C17H25NO3. The summed E-state index contributed by atoms with van der Waals surface area (Å²) in [4.78, 5) is 0. The third kappa shape index (κ3) is 3.69. The highest BCUT2D eigenvalue weighted by Gasteiger charge is 2.23. The van der Waals surface area contributed by atoms with Crippen molar-refractivity contribution in [3.8, 4) is 11.5 Å². The number of hydrogen-bond acceptors (Lipinski definition) is 4. The molecule has 0 amide bonds. The molecule has 1 aliphatic carbocycles. The summed E-state index contributed by atoms with van der Waals surface area (Å²) in [5, 5.41) is 13.1. The van der Waals surface area contributed by atoms with Crippen LogP contribution in [-0.4, -0.2) is 31.0 Å². The van der Waals surface area contributed by atoms with Crippen molar-refractivity contribution in [2.24, 2.45) is 5.92 Å². The zero-order chi connectivity index (χ0) is 14.5. The molecule has 0 bridgehead atoms. The summed E-state index contributed by atoms with van der Waals surface area (Å²) >= 11 is 0. The van der Waals surface area contributed by atoms with Gasteiger partial charge in [0.1, 0.15) is 0 Å². The van der Waals surface area contributed by atoms with Crippen LogP contribution >= 0.6 is 0 Å². The molecule has 2 unspecified atom stereocenters. The molecule has 1 aromatic rings. The highest BCUT2D eigenvalue weighted by Crippen LogP contribution is 2.31. The van der Waals surface area contributed by atoms with E-state index < -0.39 is 0 Å². The summed E-state index contributed by atoms with van der Waals surface area (Å²) in [6, 6.07) is 6.60. The van der Waals surface area contributed by atoms with Gasteiger partial charge in [0.25, 0.3) is 0 Å². The fraction of sp³-hybridized carbons (Fsp3) is 0.647. The number of rotatable bonds is 4. The minimum atomic E-state index is 0.290. The van der Waals surface area contributed by atoms with E-state index in [4.69, 9.17) is 9.47 Å². The molecule has 3 rings (SSSR count). The van der Waals surface area contributed by atoms with Gasteiger partial charge in [-0.2, -0.15) is 0 Å². The molecule has 1 heterocycles. The Labute approximate surface area is 126 Å². The Hall–Kier alpha value is -1.26. The highest BCUT2D eigenvalue weighted by molar-refractivity contribution is 5.43. The van der Waals surface area contributed by atoms with Gasteiger partial charge in [0.2, 0.25) is 0 Å². The minimum absolute atomic E-state index is 0.290. The molecule has 21 heavy (non-hydrogen) atoms. The molecule has 2 N–H and O–H groups in total. The quantitative estimate of drug-likeness (QED) is 0.895. The van der Waals surface area contributed by atoms with Crippen molar-refractivity contribution >= 4 is 0 Å². The van der Waals surface area contributed by atoms with Gasteiger partial charge in [-0.1, -0.05) is 18.9 Å². The van der Waals surface area contributed by atoms with Gasteiger partial charge >= 0.3 is 0 Å². The van der Waals surface area contributed by atoms with E-state index in [0.717, 1.165) is 50.5 Å². The maximum atomic E-state index is 9.47. The summed E-state index contributed by atoms with van der Waals surface area (Å²) in [7, 11) is 0. The maximum absolute atomic E-state index is 9.47. The lowest BCUT2D eigenvalue weighted by Crippen LogP contribution is -2.39. The van der Waals surface area contributed by atoms with E-state index in [1.165, 1.54) is 18.4 Å². The Balaban J connectivity index is 1.61. The zero-order valence-electron chi connectivity index (χ0n) is 12.5. The van der Waals surface area contributed by atoms with Gasteiger partial charge in [-0.3, -0.25) is 0 Å². The van der Waals surface area contributed by atoms with E-state index in [-0.39, 0.29) is 0 Å². The van der Waals surface area contributed by atoms with Crippen LogP contribution in [0.5, 0.6) is 11.5 Å². The van der Waals surface area contributed by atoms with Crippen molar-refractivity contribution in [1.29, 1.82) is 0 Å². The molecule has 0 aromatic heterocycles. The van der Waals surface area contributed by atoms with Crippen LogP contribution in [0.4, 0.5) is 0 Å². The molecule has 0 radical (unpaired) electrons. The van der Waals surface area contributed by atoms with Crippen LogP contribution in [0.2, 0.25) is 0 Å². The fourth-order valence-corrected chi connectivity index (χ4v) is 3.26. The molecule has 1 aliphatic heterocycles. The van der Waals surface area contributed by atoms with E-state index >= 15 is 0 Å². The lowest BCUT2D eigenvalue weighted by molar-refractivity contribution is 0.152. The minimum Gasteiger partial charge on any atom is -0.490 e. The van der Waals surface area contributed by atoms with Crippen molar-refractivity contribution in [3.63, 3.8) is 0 Å². The molecule has 116 valence electrons. The predicted octanol–water partition coefficient (Wildman–Crippen LogP) is 2.49. The number of aliphatic hydroxyl groups excluding tert-OH is 1. The normalized spacial score (nSPS) is 25.4. The van der Waals surface area contributed by atoms with Crippen LogP contribution in [0.15, 0.2) is 18.2 Å². The van der Waals surface area contributed by atoms with E-state index in [1.807, 2.05) is 6.07 Å². The summed E-state index contributed by atoms with van der Waals surface area (Å²) in [5.41, 5.74) is 1.21. The topological polar surface area (TPSA) is 50.7 Å². The molecule has 2 atom stereocenters. The predicted molar refractivity (Wildman–Crippen MR) is 81.7 cm³/mol. The third-order valence-electron chi connectivity index (χ3n) is 4.52. The van der Waals surface area contributed by atoms with Crippen LogP contribution in [0.1, 0.15) is 37.7 Å². The van der Waals surface area contributed by atoms with Gasteiger partial charge in [0.05, 0.1) is 13.2 Å². The van der Waals surface area contributed by atoms with Crippen LogP contribution < -0.4 is 14.8 Å².